The lowest BCUT2D eigenvalue weighted by Gasteiger charge is -2.23. The van der Waals surface area contributed by atoms with Crippen molar-refractivity contribution in [3.8, 4) is 0 Å². The van der Waals surface area contributed by atoms with E-state index in [0.717, 1.165) is 43.6 Å². The molecule has 1 saturated heterocycles. The quantitative estimate of drug-likeness (QED) is 0.927. The van der Waals surface area contributed by atoms with Crippen molar-refractivity contribution in [2.45, 2.75) is 13.3 Å². The second-order valence-corrected chi connectivity index (χ2v) is 5.25. The van der Waals surface area contributed by atoms with Crippen LogP contribution in [-0.2, 0) is 4.74 Å². The summed E-state index contributed by atoms with van der Waals surface area (Å²) in [4.78, 5) is 14.5. The summed E-state index contributed by atoms with van der Waals surface area (Å²) in [6, 6.07) is 5.67. The standard InChI is InChI=1S/C15H19N3O2/c1-2-18(9-11-5-6-20-10-11)15(19)12-3-4-13-8-16-17-14(13)7-12/h3-4,7-8,11H,2,5-6,9-10H2,1H3,(H,16,17). The summed E-state index contributed by atoms with van der Waals surface area (Å²) in [5, 5.41) is 7.91. The number of ether oxygens (including phenoxy) is 1. The highest BCUT2D eigenvalue weighted by Crippen LogP contribution is 2.18. The molecule has 1 aromatic heterocycles. The number of nitrogens with zero attached hydrogens (tertiary/aromatic N) is 2. The summed E-state index contributed by atoms with van der Waals surface area (Å²) in [6.07, 6.45) is 2.81. The van der Waals surface area contributed by atoms with Gasteiger partial charge in [0.05, 0.1) is 18.3 Å². The SMILES string of the molecule is CCN(CC1CCOC1)C(=O)c1ccc2cn[nH]c2c1. The molecule has 1 aliphatic heterocycles. The summed E-state index contributed by atoms with van der Waals surface area (Å²) in [5.74, 6) is 0.547. The highest BCUT2D eigenvalue weighted by molar-refractivity contribution is 5.97. The number of aromatic nitrogens is 2. The van der Waals surface area contributed by atoms with Crippen LogP contribution in [0.15, 0.2) is 24.4 Å². The maximum atomic E-state index is 12.6. The lowest BCUT2D eigenvalue weighted by Crippen LogP contribution is -2.35. The number of fused-ring (bicyclic) bond motifs is 1. The fourth-order valence-electron chi connectivity index (χ4n) is 2.65. The second kappa shape index (κ2) is 5.63. The Morgan fingerprint density at radius 3 is 3.20 bits per heavy atom. The Bertz CT molecular complexity index is 602. The van der Waals surface area contributed by atoms with Crippen molar-refractivity contribution in [2.24, 2.45) is 5.92 Å². The molecule has 1 atom stereocenters. The van der Waals surface area contributed by atoms with E-state index in [9.17, 15) is 4.79 Å². The Morgan fingerprint density at radius 1 is 1.55 bits per heavy atom. The first kappa shape index (κ1) is 13.1. The van der Waals surface area contributed by atoms with Gasteiger partial charge in [0.2, 0.25) is 0 Å². The average molecular weight is 273 g/mol. The molecule has 1 fully saturated rings. The van der Waals surface area contributed by atoms with Crippen LogP contribution in [0.25, 0.3) is 10.9 Å². The Morgan fingerprint density at radius 2 is 2.45 bits per heavy atom. The zero-order valence-corrected chi connectivity index (χ0v) is 11.6. The Hall–Kier alpha value is -1.88. The second-order valence-electron chi connectivity index (χ2n) is 5.25. The minimum absolute atomic E-state index is 0.0795. The molecule has 5 heteroatoms. The van der Waals surface area contributed by atoms with E-state index in [1.54, 1.807) is 6.20 Å². The number of carbonyl (C=O) groups excluding carboxylic acids is 1. The molecule has 1 unspecified atom stereocenters. The predicted octanol–water partition coefficient (Wildman–Crippen LogP) is 2.06. The third-order valence-electron chi connectivity index (χ3n) is 3.86. The van der Waals surface area contributed by atoms with Crippen molar-refractivity contribution in [1.82, 2.24) is 15.1 Å². The topological polar surface area (TPSA) is 58.2 Å². The zero-order chi connectivity index (χ0) is 13.9. The lowest BCUT2D eigenvalue weighted by molar-refractivity contribution is 0.0731. The van der Waals surface area contributed by atoms with E-state index in [0.29, 0.717) is 11.5 Å². The van der Waals surface area contributed by atoms with E-state index in [2.05, 4.69) is 10.2 Å². The van der Waals surface area contributed by atoms with Gasteiger partial charge in [0.15, 0.2) is 0 Å². The van der Waals surface area contributed by atoms with Crippen molar-refractivity contribution in [3.63, 3.8) is 0 Å². The Kier molecular flexibility index (Phi) is 3.69. The van der Waals surface area contributed by atoms with Gasteiger partial charge in [0, 0.05) is 36.6 Å². The molecule has 5 nitrogen and oxygen atoms in total. The van der Waals surface area contributed by atoms with Gasteiger partial charge in [-0.2, -0.15) is 5.10 Å². The van der Waals surface area contributed by atoms with Gasteiger partial charge < -0.3 is 9.64 Å². The highest BCUT2D eigenvalue weighted by Gasteiger charge is 2.22. The summed E-state index contributed by atoms with van der Waals surface area (Å²) >= 11 is 0. The summed E-state index contributed by atoms with van der Waals surface area (Å²) in [6.45, 7) is 5.09. The van der Waals surface area contributed by atoms with Gasteiger partial charge in [-0.15, -0.1) is 0 Å². The lowest BCUT2D eigenvalue weighted by atomic mass is 10.1. The third kappa shape index (κ3) is 2.54. The third-order valence-corrected chi connectivity index (χ3v) is 3.86. The van der Waals surface area contributed by atoms with Crippen LogP contribution in [0.5, 0.6) is 0 Å². The van der Waals surface area contributed by atoms with Gasteiger partial charge >= 0.3 is 0 Å². The number of amides is 1. The van der Waals surface area contributed by atoms with Gasteiger partial charge in [-0.25, -0.2) is 0 Å². The monoisotopic (exact) mass is 273 g/mol. The van der Waals surface area contributed by atoms with Crippen molar-refractivity contribution in [1.29, 1.82) is 0 Å². The van der Waals surface area contributed by atoms with Gasteiger partial charge in [0.1, 0.15) is 0 Å². The number of aromatic amines is 1. The largest absolute Gasteiger partial charge is 0.381 e. The van der Waals surface area contributed by atoms with E-state index in [1.165, 1.54) is 0 Å². The molecular formula is C15H19N3O2. The highest BCUT2D eigenvalue weighted by atomic mass is 16.5. The first-order valence-corrected chi connectivity index (χ1v) is 7.08. The first-order chi connectivity index (χ1) is 9.78. The van der Waals surface area contributed by atoms with Crippen molar-refractivity contribution >= 4 is 16.8 Å². The molecule has 1 amide bonds. The number of hydrogen-bond acceptors (Lipinski definition) is 3. The molecule has 0 radical (unpaired) electrons. The molecule has 1 N–H and O–H groups in total. The van der Waals surface area contributed by atoms with Crippen molar-refractivity contribution in [2.75, 3.05) is 26.3 Å². The van der Waals surface area contributed by atoms with Gasteiger partial charge in [-0.1, -0.05) is 6.07 Å². The van der Waals surface area contributed by atoms with Crippen molar-refractivity contribution in [3.05, 3.63) is 30.0 Å². The molecule has 20 heavy (non-hydrogen) atoms. The van der Waals surface area contributed by atoms with Crippen LogP contribution >= 0.6 is 0 Å². The number of H-pyrrole nitrogens is 1. The summed E-state index contributed by atoms with van der Waals surface area (Å²) in [5.41, 5.74) is 1.61. The van der Waals surface area contributed by atoms with Crippen LogP contribution in [0.2, 0.25) is 0 Å². The Balaban J connectivity index is 1.77. The van der Waals surface area contributed by atoms with E-state index >= 15 is 0 Å². The van der Waals surface area contributed by atoms with E-state index in [-0.39, 0.29) is 5.91 Å². The van der Waals surface area contributed by atoms with Gasteiger partial charge in [0.25, 0.3) is 5.91 Å². The van der Waals surface area contributed by atoms with Crippen molar-refractivity contribution < 1.29 is 9.53 Å². The molecule has 1 aromatic carbocycles. The van der Waals surface area contributed by atoms with Gasteiger partial charge in [-0.3, -0.25) is 9.89 Å². The summed E-state index contributed by atoms with van der Waals surface area (Å²) < 4.78 is 5.38. The van der Waals surface area contributed by atoms with Gasteiger partial charge in [-0.05, 0) is 25.5 Å². The molecule has 0 bridgehead atoms. The normalized spacial score (nSPS) is 18.6. The number of rotatable bonds is 4. The minimum atomic E-state index is 0.0795. The number of benzene rings is 1. The van der Waals surface area contributed by atoms with Crippen LogP contribution in [0.4, 0.5) is 0 Å². The van der Waals surface area contributed by atoms with Crippen LogP contribution in [0.1, 0.15) is 23.7 Å². The van der Waals surface area contributed by atoms with E-state index < -0.39 is 0 Å². The first-order valence-electron chi connectivity index (χ1n) is 7.08. The molecule has 3 rings (SSSR count). The number of carbonyl (C=O) groups is 1. The van der Waals surface area contributed by atoms with Crippen LogP contribution < -0.4 is 0 Å². The minimum Gasteiger partial charge on any atom is -0.381 e. The van der Waals surface area contributed by atoms with Crippen LogP contribution in [0, 0.1) is 5.92 Å². The fourth-order valence-corrected chi connectivity index (χ4v) is 2.65. The predicted molar refractivity (Wildman–Crippen MR) is 76.6 cm³/mol. The van der Waals surface area contributed by atoms with E-state index in [4.69, 9.17) is 4.74 Å². The Labute approximate surface area is 117 Å². The average Bonchev–Trinajstić information content (AvgIpc) is 3.14. The molecule has 1 aliphatic rings. The molecular weight excluding hydrogens is 254 g/mol. The number of nitrogens with one attached hydrogen (secondary N) is 1. The smallest absolute Gasteiger partial charge is 0.253 e. The molecule has 0 saturated carbocycles. The molecule has 106 valence electrons. The maximum absolute atomic E-state index is 12.6. The molecule has 0 aliphatic carbocycles. The van der Waals surface area contributed by atoms with Crippen LogP contribution in [0.3, 0.4) is 0 Å². The fraction of sp³-hybridized carbons (Fsp3) is 0.467. The molecule has 2 heterocycles. The molecule has 2 aromatic rings. The summed E-state index contributed by atoms with van der Waals surface area (Å²) in [7, 11) is 0. The zero-order valence-electron chi connectivity index (χ0n) is 11.6. The van der Waals surface area contributed by atoms with E-state index in [1.807, 2.05) is 30.0 Å². The number of hydrogen-bond donors (Lipinski definition) is 1. The van der Waals surface area contributed by atoms with Crippen LogP contribution in [-0.4, -0.2) is 47.3 Å². The maximum Gasteiger partial charge on any atom is 0.253 e. The molecule has 0 spiro atoms.